The zero-order valence-corrected chi connectivity index (χ0v) is 14.2. The number of likely N-dealkylation sites (tertiary alicyclic amines) is 1. The van der Waals surface area contributed by atoms with Crippen molar-refractivity contribution in [1.29, 1.82) is 0 Å². The van der Waals surface area contributed by atoms with Crippen molar-refractivity contribution in [3.63, 3.8) is 0 Å². The molecule has 0 N–H and O–H groups in total. The SMILES string of the molecule is CCOc1ccc(CN2CCCCCC2c2ccn(C)n2)cc1. The summed E-state index contributed by atoms with van der Waals surface area (Å²) >= 11 is 0. The van der Waals surface area contributed by atoms with Crippen LogP contribution in [0.15, 0.2) is 36.5 Å². The molecule has 23 heavy (non-hydrogen) atoms. The maximum Gasteiger partial charge on any atom is 0.119 e. The number of rotatable bonds is 5. The number of aryl methyl sites for hydroxylation is 1. The third kappa shape index (κ3) is 4.14. The van der Waals surface area contributed by atoms with Crippen LogP contribution in [-0.4, -0.2) is 27.8 Å². The molecular formula is C19H27N3O. The normalized spacial score (nSPS) is 19.5. The van der Waals surface area contributed by atoms with Crippen LogP contribution in [0.25, 0.3) is 0 Å². The largest absolute Gasteiger partial charge is 0.494 e. The predicted octanol–water partition coefficient (Wildman–Crippen LogP) is 3.94. The van der Waals surface area contributed by atoms with Gasteiger partial charge >= 0.3 is 0 Å². The number of benzene rings is 1. The smallest absolute Gasteiger partial charge is 0.119 e. The molecule has 0 bridgehead atoms. The Labute approximate surface area is 139 Å². The summed E-state index contributed by atoms with van der Waals surface area (Å²) in [5.74, 6) is 0.952. The summed E-state index contributed by atoms with van der Waals surface area (Å²) in [6.45, 7) is 4.86. The van der Waals surface area contributed by atoms with Crippen LogP contribution in [0.3, 0.4) is 0 Å². The Morgan fingerprint density at radius 3 is 2.65 bits per heavy atom. The van der Waals surface area contributed by atoms with Crippen LogP contribution in [0, 0.1) is 0 Å². The van der Waals surface area contributed by atoms with Crippen LogP contribution < -0.4 is 4.74 Å². The monoisotopic (exact) mass is 313 g/mol. The third-order valence-corrected chi connectivity index (χ3v) is 4.56. The molecule has 2 aromatic rings. The standard InChI is InChI=1S/C19H27N3O/c1-3-23-17-10-8-16(9-11-17)15-22-13-6-4-5-7-19(22)18-12-14-21(2)20-18/h8-12,14,19H,3-7,13,15H2,1-2H3. The first-order valence-corrected chi connectivity index (χ1v) is 8.71. The van der Waals surface area contributed by atoms with Crippen LogP contribution in [0.4, 0.5) is 0 Å². The predicted molar refractivity (Wildman–Crippen MR) is 92.4 cm³/mol. The van der Waals surface area contributed by atoms with Crippen molar-refractivity contribution in [1.82, 2.24) is 14.7 Å². The summed E-state index contributed by atoms with van der Waals surface area (Å²) in [5, 5.41) is 4.66. The average molecular weight is 313 g/mol. The van der Waals surface area contributed by atoms with E-state index < -0.39 is 0 Å². The van der Waals surface area contributed by atoms with Crippen molar-refractivity contribution in [3.8, 4) is 5.75 Å². The topological polar surface area (TPSA) is 30.3 Å². The summed E-state index contributed by atoms with van der Waals surface area (Å²) < 4.78 is 7.45. The molecule has 0 aliphatic carbocycles. The van der Waals surface area contributed by atoms with Crippen molar-refractivity contribution in [2.45, 2.75) is 45.2 Å². The minimum absolute atomic E-state index is 0.435. The van der Waals surface area contributed by atoms with Gasteiger partial charge in [0.25, 0.3) is 0 Å². The number of aromatic nitrogens is 2. The Morgan fingerprint density at radius 1 is 1.13 bits per heavy atom. The molecule has 1 aromatic carbocycles. The number of ether oxygens (including phenoxy) is 1. The van der Waals surface area contributed by atoms with E-state index in [4.69, 9.17) is 4.74 Å². The van der Waals surface area contributed by atoms with E-state index in [1.54, 1.807) is 0 Å². The number of hydrogen-bond acceptors (Lipinski definition) is 3. The first-order valence-electron chi connectivity index (χ1n) is 8.71. The molecule has 1 unspecified atom stereocenters. The van der Waals surface area contributed by atoms with Crippen LogP contribution in [0.1, 0.15) is 49.9 Å². The molecule has 0 radical (unpaired) electrons. The summed E-state index contributed by atoms with van der Waals surface area (Å²) in [6.07, 6.45) is 7.15. The van der Waals surface area contributed by atoms with Gasteiger partial charge in [-0.25, -0.2) is 0 Å². The van der Waals surface area contributed by atoms with Gasteiger partial charge in [-0.1, -0.05) is 25.0 Å². The van der Waals surface area contributed by atoms with Crippen LogP contribution in [0.5, 0.6) is 5.75 Å². The second kappa shape index (κ2) is 7.64. The van der Waals surface area contributed by atoms with E-state index in [0.717, 1.165) is 18.8 Å². The van der Waals surface area contributed by atoms with Gasteiger partial charge < -0.3 is 4.74 Å². The van der Waals surface area contributed by atoms with Crippen molar-refractivity contribution >= 4 is 0 Å². The average Bonchev–Trinajstić information content (AvgIpc) is 2.85. The highest BCUT2D eigenvalue weighted by Gasteiger charge is 2.24. The zero-order valence-electron chi connectivity index (χ0n) is 14.2. The lowest BCUT2D eigenvalue weighted by Crippen LogP contribution is -2.28. The van der Waals surface area contributed by atoms with E-state index in [-0.39, 0.29) is 0 Å². The maximum absolute atomic E-state index is 5.54. The van der Waals surface area contributed by atoms with Gasteiger partial charge in [0, 0.05) is 19.8 Å². The minimum Gasteiger partial charge on any atom is -0.494 e. The lowest BCUT2D eigenvalue weighted by Gasteiger charge is -2.28. The summed E-state index contributed by atoms with van der Waals surface area (Å²) in [7, 11) is 2.00. The lowest BCUT2D eigenvalue weighted by molar-refractivity contribution is 0.188. The molecule has 1 saturated heterocycles. The van der Waals surface area contributed by atoms with E-state index in [1.165, 1.54) is 36.9 Å². The molecule has 4 nitrogen and oxygen atoms in total. The highest BCUT2D eigenvalue weighted by molar-refractivity contribution is 5.27. The van der Waals surface area contributed by atoms with Crippen molar-refractivity contribution in [2.75, 3.05) is 13.2 Å². The van der Waals surface area contributed by atoms with Crippen molar-refractivity contribution in [3.05, 3.63) is 47.8 Å². The molecular weight excluding hydrogens is 286 g/mol. The summed E-state index contributed by atoms with van der Waals surface area (Å²) in [6, 6.07) is 11.1. The van der Waals surface area contributed by atoms with Crippen LogP contribution in [-0.2, 0) is 13.6 Å². The van der Waals surface area contributed by atoms with E-state index in [2.05, 4.69) is 46.5 Å². The summed E-state index contributed by atoms with van der Waals surface area (Å²) in [5.41, 5.74) is 2.55. The van der Waals surface area contributed by atoms with Gasteiger partial charge in [0.05, 0.1) is 18.3 Å². The van der Waals surface area contributed by atoms with E-state index >= 15 is 0 Å². The van der Waals surface area contributed by atoms with Crippen LogP contribution in [0.2, 0.25) is 0 Å². The van der Waals surface area contributed by atoms with Crippen LogP contribution >= 0.6 is 0 Å². The van der Waals surface area contributed by atoms with Gasteiger partial charge in [0.2, 0.25) is 0 Å². The van der Waals surface area contributed by atoms with Gasteiger partial charge in [-0.2, -0.15) is 5.10 Å². The van der Waals surface area contributed by atoms with E-state index in [9.17, 15) is 0 Å². The molecule has 1 atom stereocenters. The van der Waals surface area contributed by atoms with Crippen molar-refractivity contribution in [2.24, 2.45) is 7.05 Å². The zero-order chi connectivity index (χ0) is 16.1. The molecule has 0 spiro atoms. The molecule has 124 valence electrons. The fourth-order valence-electron chi connectivity index (χ4n) is 3.39. The van der Waals surface area contributed by atoms with E-state index in [1.807, 2.05) is 18.7 Å². The fraction of sp³-hybridized carbons (Fsp3) is 0.526. The second-order valence-corrected chi connectivity index (χ2v) is 6.33. The Bertz CT molecular complexity index is 605. The minimum atomic E-state index is 0.435. The quantitative estimate of drug-likeness (QED) is 0.837. The first-order chi connectivity index (χ1) is 11.3. The van der Waals surface area contributed by atoms with Gasteiger partial charge in [0.1, 0.15) is 5.75 Å². The molecule has 1 aliphatic heterocycles. The molecule has 1 aliphatic rings. The van der Waals surface area contributed by atoms with Gasteiger partial charge in [0.15, 0.2) is 0 Å². The molecule has 1 fully saturated rings. The molecule has 2 heterocycles. The number of hydrogen-bond donors (Lipinski definition) is 0. The molecule has 0 amide bonds. The Kier molecular flexibility index (Phi) is 5.34. The van der Waals surface area contributed by atoms with E-state index in [0.29, 0.717) is 12.6 Å². The Balaban J connectivity index is 1.74. The van der Waals surface area contributed by atoms with Gasteiger partial charge in [-0.15, -0.1) is 0 Å². The highest BCUT2D eigenvalue weighted by Crippen LogP contribution is 2.30. The lowest BCUT2D eigenvalue weighted by atomic mass is 10.1. The molecule has 1 aromatic heterocycles. The van der Waals surface area contributed by atoms with Gasteiger partial charge in [-0.3, -0.25) is 9.58 Å². The second-order valence-electron chi connectivity index (χ2n) is 6.33. The molecule has 0 saturated carbocycles. The third-order valence-electron chi connectivity index (χ3n) is 4.56. The first kappa shape index (κ1) is 16.1. The van der Waals surface area contributed by atoms with Gasteiger partial charge in [-0.05, 0) is 50.1 Å². The van der Waals surface area contributed by atoms with Crippen molar-refractivity contribution < 1.29 is 4.74 Å². The maximum atomic E-state index is 5.54. The summed E-state index contributed by atoms with van der Waals surface area (Å²) in [4.78, 5) is 2.59. The Hall–Kier alpha value is -1.81. The fourth-order valence-corrected chi connectivity index (χ4v) is 3.39. The number of nitrogens with zero attached hydrogens (tertiary/aromatic N) is 3. The Morgan fingerprint density at radius 2 is 1.96 bits per heavy atom. The molecule has 3 rings (SSSR count). The molecule has 4 heteroatoms. The highest BCUT2D eigenvalue weighted by atomic mass is 16.5.